The third-order valence-corrected chi connectivity index (χ3v) is 10.00. The van der Waals surface area contributed by atoms with Gasteiger partial charge in [0.2, 0.25) is 11.8 Å². The molecule has 6 atom stereocenters. The highest BCUT2D eigenvalue weighted by Crippen LogP contribution is 2.65. The normalized spacial score (nSPS) is 34.0. The molecule has 6 rings (SSSR count). The number of nitrogens with zero attached hydrogens (tertiary/aromatic N) is 1. The number of anilines is 1. The Balaban J connectivity index is 1.60. The lowest BCUT2D eigenvalue weighted by atomic mass is 9.56. The van der Waals surface area contributed by atoms with Gasteiger partial charge in [-0.25, -0.2) is 9.29 Å². The maximum Gasteiger partial charge on any atom is 0.258 e. The molecule has 2 aliphatic carbocycles. The predicted octanol–water partition coefficient (Wildman–Crippen LogP) is 4.00. The van der Waals surface area contributed by atoms with Crippen LogP contribution in [0.3, 0.4) is 0 Å². The molecular weight excluding hydrogens is 534 g/mol. The van der Waals surface area contributed by atoms with Crippen LogP contribution in [0.5, 0.6) is 5.75 Å². The highest BCUT2D eigenvalue weighted by atomic mass is 35.5. The number of rotatable bonds is 2. The summed E-state index contributed by atoms with van der Waals surface area (Å²) in [5, 5.41) is 12.8. The van der Waals surface area contributed by atoms with Crippen LogP contribution in [-0.2, 0) is 19.2 Å². The lowest BCUT2D eigenvalue weighted by Crippen LogP contribution is -2.60. The van der Waals surface area contributed by atoms with Gasteiger partial charge in [-0.2, -0.15) is 0 Å². The Morgan fingerprint density at radius 2 is 1.61 bits per heavy atom. The number of carbonyl (C=O) groups excluding carboxylic acids is 4. The lowest BCUT2D eigenvalue weighted by molar-refractivity contribution is -0.127. The summed E-state index contributed by atoms with van der Waals surface area (Å²) in [5.41, 5.74) is 2.42. The van der Waals surface area contributed by atoms with E-state index in [0.29, 0.717) is 22.3 Å². The molecule has 2 N–H and O–H groups in total. The van der Waals surface area contributed by atoms with Crippen molar-refractivity contribution in [2.75, 3.05) is 4.90 Å². The molecule has 2 aromatic carbocycles. The van der Waals surface area contributed by atoms with Crippen LogP contribution in [0.15, 0.2) is 48.0 Å². The smallest absolute Gasteiger partial charge is 0.258 e. The molecule has 1 saturated carbocycles. The molecule has 7 nitrogen and oxygen atoms in total. The second-order valence-corrected chi connectivity index (χ2v) is 11.8. The molecule has 0 radical (unpaired) electrons. The van der Waals surface area contributed by atoms with E-state index in [4.69, 9.17) is 23.2 Å². The van der Waals surface area contributed by atoms with E-state index in [-0.39, 0.29) is 30.2 Å². The van der Waals surface area contributed by atoms with Gasteiger partial charge in [-0.1, -0.05) is 23.8 Å². The maximum atomic E-state index is 14.2. The van der Waals surface area contributed by atoms with E-state index in [2.05, 4.69) is 5.32 Å². The van der Waals surface area contributed by atoms with Gasteiger partial charge >= 0.3 is 0 Å². The number of imide groups is 2. The summed E-state index contributed by atoms with van der Waals surface area (Å²) < 4.78 is 13.7. The number of fused-ring (bicyclic) bond motifs is 4. The fraction of sp³-hybridized carbons (Fsp3) is 0.357. The molecule has 4 amide bonds. The third-order valence-electron chi connectivity index (χ3n) is 8.59. The van der Waals surface area contributed by atoms with Gasteiger partial charge in [0.05, 0.1) is 17.5 Å². The monoisotopic (exact) mass is 556 g/mol. The number of alkyl halides is 2. The van der Waals surface area contributed by atoms with Crippen molar-refractivity contribution in [3.05, 3.63) is 70.6 Å². The third kappa shape index (κ3) is 3.07. The van der Waals surface area contributed by atoms with E-state index in [9.17, 15) is 28.7 Å². The SMILES string of the molecule is Cc1cc([C@H]2C3=CC[C@@H]4C(=O)NC(=O)[C@@H]4[C@@H]3C[C@@]3(Cl)C(=O)N(c4ccc(F)cc4)C(=O)[C@@]23Cl)cc(C)c1O. The fourth-order valence-corrected chi connectivity index (χ4v) is 7.77. The van der Waals surface area contributed by atoms with Gasteiger partial charge in [0.25, 0.3) is 11.8 Å². The highest BCUT2D eigenvalue weighted by Gasteiger charge is 2.76. The molecule has 0 bridgehead atoms. The molecular formula is C28H23Cl2FN2O5. The molecule has 2 aliphatic heterocycles. The summed E-state index contributed by atoms with van der Waals surface area (Å²) in [7, 11) is 0. The van der Waals surface area contributed by atoms with E-state index >= 15 is 0 Å². The van der Waals surface area contributed by atoms with Gasteiger partial charge in [-0.15, -0.1) is 23.2 Å². The number of hydrogen-bond donors (Lipinski definition) is 2. The van der Waals surface area contributed by atoms with Crippen molar-refractivity contribution in [1.29, 1.82) is 0 Å². The minimum atomic E-state index is -2.00. The van der Waals surface area contributed by atoms with E-state index in [1.54, 1.807) is 26.0 Å². The number of halogens is 3. The molecule has 38 heavy (non-hydrogen) atoms. The zero-order valence-electron chi connectivity index (χ0n) is 20.4. The minimum absolute atomic E-state index is 0.0853. The Morgan fingerprint density at radius 3 is 2.24 bits per heavy atom. The molecule has 2 heterocycles. The standard InChI is InChI=1S/C28H23Cl2FN2O5/c1-12-9-14(10-13(2)22(12)34)21-17-7-8-18-20(24(36)32-23(18)35)19(17)11-27(29)25(37)33(26(38)28(21,27)30)16-5-3-15(31)4-6-16/h3-7,9-10,18-21,34H,8,11H2,1-2H3,(H,32,35,36)/t18-,19+,20-,21-,27+,28-/m0/s1. The Morgan fingerprint density at radius 1 is 0.974 bits per heavy atom. The van der Waals surface area contributed by atoms with Crippen LogP contribution in [0, 0.1) is 37.4 Å². The Kier molecular flexibility index (Phi) is 5.37. The number of allylic oxidation sites excluding steroid dienone is 2. The largest absolute Gasteiger partial charge is 0.507 e. The number of carbonyl (C=O) groups is 4. The number of amides is 4. The number of benzene rings is 2. The van der Waals surface area contributed by atoms with Crippen molar-refractivity contribution < 1.29 is 28.7 Å². The fourth-order valence-electron chi connectivity index (χ4n) is 6.84. The number of nitrogens with one attached hydrogen (secondary N) is 1. The Hall–Kier alpha value is -3.23. The molecule has 196 valence electrons. The quantitative estimate of drug-likeness (QED) is 0.330. The van der Waals surface area contributed by atoms with Gasteiger partial charge in [0, 0.05) is 5.92 Å². The van der Waals surface area contributed by atoms with Crippen LogP contribution in [-0.4, -0.2) is 38.5 Å². The first-order chi connectivity index (χ1) is 17.9. The average molecular weight is 557 g/mol. The number of phenols is 1. The number of aromatic hydroxyl groups is 1. The van der Waals surface area contributed by atoms with E-state index in [0.717, 1.165) is 17.0 Å². The second kappa shape index (κ2) is 8.13. The molecule has 2 saturated heterocycles. The average Bonchev–Trinajstić information content (AvgIpc) is 3.24. The van der Waals surface area contributed by atoms with E-state index < -0.39 is 57.0 Å². The first-order valence-corrected chi connectivity index (χ1v) is 13.0. The van der Waals surface area contributed by atoms with Crippen LogP contribution in [0.2, 0.25) is 0 Å². The van der Waals surface area contributed by atoms with Crippen molar-refractivity contribution in [2.24, 2.45) is 17.8 Å². The van der Waals surface area contributed by atoms with Crippen LogP contribution in [0.1, 0.15) is 35.4 Å². The summed E-state index contributed by atoms with van der Waals surface area (Å²) in [6.07, 6.45) is 1.97. The Labute approximate surface area is 227 Å². The maximum absolute atomic E-state index is 14.2. The zero-order chi connectivity index (χ0) is 27.3. The van der Waals surface area contributed by atoms with Gasteiger partial charge in [-0.05, 0) is 73.6 Å². The van der Waals surface area contributed by atoms with Gasteiger partial charge < -0.3 is 5.11 Å². The number of hydrogen-bond acceptors (Lipinski definition) is 5. The zero-order valence-corrected chi connectivity index (χ0v) is 21.9. The summed E-state index contributed by atoms with van der Waals surface area (Å²) in [5.74, 6) is -5.74. The van der Waals surface area contributed by atoms with Crippen LogP contribution in [0.25, 0.3) is 0 Å². The first kappa shape index (κ1) is 25.1. The van der Waals surface area contributed by atoms with E-state index in [1.807, 2.05) is 6.08 Å². The topological polar surface area (TPSA) is 104 Å². The van der Waals surface area contributed by atoms with E-state index in [1.165, 1.54) is 12.1 Å². The molecule has 2 aromatic rings. The summed E-state index contributed by atoms with van der Waals surface area (Å²) >= 11 is 14.5. The number of phenolic OH excluding ortho intramolecular Hbond substituents is 1. The molecule has 0 unspecified atom stereocenters. The molecule has 0 spiro atoms. The molecule has 3 fully saturated rings. The highest BCUT2D eigenvalue weighted by molar-refractivity contribution is 6.58. The Bertz CT molecular complexity index is 1470. The minimum Gasteiger partial charge on any atom is -0.507 e. The lowest BCUT2D eigenvalue weighted by Gasteiger charge is -2.50. The van der Waals surface area contributed by atoms with Gasteiger partial charge in [0.15, 0.2) is 9.75 Å². The number of aryl methyl sites for hydroxylation is 2. The van der Waals surface area contributed by atoms with Crippen LogP contribution < -0.4 is 10.2 Å². The van der Waals surface area contributed by atoms with Crippen molar-refractivity contribution >= 4 is 52.5 Å². The predicted molar refractivity (Wildman–Crippen MR) is 137 cm³/mol. The second-order valence-electron chi connectivity index (χ2n) is 10.6. The first-order valence-electron chi connectivity index (χ1n) is 12.3. The van der Waals surface area contributed by atoms with Gasteiger partial charge in [-0.3, -0.25) is 24.5 Å². The summed E-state index contributed by atoms with van der Waals surface area (Å²) in [6.45, 7) is 3.42. The molecule has 0 aromatic heterocycles. The van der Waals surface area contributed by atoms with Crippen LogP contribution >= 0.6 is 23.2 Å². The van der Waals surface area contributed by atoms with Crippen molar-refractivity contribution in [3.63, 3.8) is 0 Å². The van der Waals surface area contributed by atoms with Crippen LogP contribution in [0.4, 0.5) is 10.1 Å². The van der Waals surface area contributed by atoms with Gasteiger partial charge in [0.1, 0.15) is 11.6 Å². The molecule has 4 aliphatic rings. The summed E-state index contributed by atoms with van der Waals surface area (Å²) in [6, 6.07) is 8.26. The summed E-state index contributed by atoms with van der Waals surface area (Å²) in [4.78, 5) is 50.6. The van der Waals surface area contributed by atoms with Crippen molar-refractivity contribution in [1.82, 2.24) is 5.32 Å². The molecule has 10 heteroatoms. The van der Waals surface area contributed by atoms with Crippen molar-refractivity contribution in [2.45, 2.75) is 42.4 Å². The van der Waals surface area contributed by atoms with Crippen molar-refractivity contribution in [3.8, 4) is 5.75 Å².